The molecule has 0 bridgehead atoms. The smallest absolute Gasteiger partial charge is 0.226 e. The summed E-state index contributed by atoms with van der Waals surface area (Å²) in [7, 11) is 0. The van der Waals surface area contributed by atoms with E-state index in [1.54, 1.807) is 17.7 Å². The number of benzene rings is 2. The number of fused-ring (bicyclic) bond motifs is 4. The molecule has 9 nitrogen and oxygen atoms in total. The molecule has 0 saturated carbocycles. The van der Waals surface area contributed by atoms with Crippen LogP contribution in [0.15, 0.2) is 55.0 Å². The highest BCUT2D eigenvalue weighted by atomic mass is 32.1. The number of H-pyrrole nitrogens is 1. The van der Waals surface area contributed by atoms with Crippen LogP contribution in [-0.4, -0.2) is 57.2 Å². The van der Waals surface area contributed by atoms with Crippen molar-refractivity contribution in [1.82, 2.24) is 25.1 Å². The Bertz CT molecular complexity index is 1740. The van der Waals surface area contributed by atoms with Crippen LogP contribution in [0.25, 0.3) is 21.1 Å². The molecule has 1 saturated heterocycles. The third-order valence-electron chi connectivity index (χ3n) is 7.85. The number of aromatic nitrogens is 4. The Labute approximate surface area is 229 Å². The highest BCUT2D eigenvalue weighted by Crippen LogP contribution is 2.41. The number of nitriles is 1. The van der Waals surface area contributed by atoms with E-state index < -0.39 is 0 Å². The first-order chi connectivity index (χ1) is 19.2. The summed E-state index contributed by atoms with van der Waals surface area (Å²) >= 11 is 1.68. The highest BCUT2D eigenvalue weighted by Gasteiger charge is 2.33. The molecule has 1 aliphatic heterocycles. The quantitative estimate of drug-likeness (QED) is 0.345. The first-order valence-corrected chi connectivity index (χ1v) is 14.0. The zero-order valence-corrected chi connectivity index (χ0v) is 22.0. The van der Waals surface area contributed by atoms with Gasteiger partial charge in [0.25, 0.3) is 0 Å². The maximum absolute atomic E-state index is 13.5. The average Bonchev–Trinajstić information content (AvgIpc) is 3.61. The van der Waals surface area contributed by atoms with Crippen LogP contribution < -0.4 is 10.2 Å². The van der Waals surface area contributed by atoms with Crippen LogP contribution in [0.3, 0.4) is 0 Å². The molecule has 4 heterocycles. The van der Waals surface area contributed by atoms with E-state index in [-0.39, 0.29) is 11.8 Å². The van der Waals surface area contributed by atoms with Gasteiger partial charge in [-0.2, -0.15) is 10.4 Å². The summed E-state index contributed by atoms with van der Waals surface area (Å²) in [5.41, 5.74) is 4.84. The number of carbonyl (C=O) groups is 1. The van der Waals surface area contributed by atoms with Crippen LogP contribution in [0.4, 0.5) is 17.2 Å². The van der Waals surface area contributed by atoms with Gasteiger partial charge in [0.1, 0.15) is 23.0 Å². The number of anilines is 3. The number of nitrogens with zero attached hydrogens (tertiary/aromatic N) is 6. The van der Waals surface area contributed by atoms with Crippen molar-refractivity contribution in [2.45, 2.75) is 19.3 Å². The molecule has 39 heavy (non-hydrogen) atoms. The summed E-state index contributed by atoms with van der Waals surface area (Å²) < 4.78 is 0. The molecule has 194 valence electrons. The molecule has 3 aromatic heterocycles. The van der Waals surface area contributed by atoms with E-state index in [0.717, 1.165) is 70.7 Å². The lowest BCUT2D eigenvalue weighted by molar-refractivity contribution is -0.136. The van der Waals surface area contributed by atoms with Crippen LogP contribution in [0.5, 0.6) is 0 Å². The first kappa shape index (κ1) is 23.6. The third-order valence-corrected chi connectivity index (χ3v) is 9.02. The molecule has 10 heteroatoms. The number of hydrogen-bond donors (Lipinski definition) is 2. The number of rotatable bonds is 4. The zero-order valence-electron chi connectivity index (χ0n) is 21.2. The number of carbonyl (C=O) groups excluding carboxylic acids is 1. The molecule has 1 aliphatic carbocycles. The summed E-state index contributed by atoms with van der Waals surface area (Å²) in [6, 6.07) is 16.0. The van der Waals surface area contributed by atoms with E-state index >= 15 is 0 Å². The third kappa shape index (κ3) is 4.25. The van der Waals surface area contributed by atoms with Crippen molar-refractivity contribution < 1.29 is 4.79 Å². The van der Waals surface area contributed by atoms with Crippen molar-refractivity contribution in [2.75, 3.05) is 36.4 Å². The van der Waals surface area contributed by atoms with Gasteiger partial charge in [-0.15, -0.1) is 11.3 Å². The first-order valence-electron chi connectivity index (χ1n) is 13.2. The summed E-state index contributed by atoms with van der Waals surface area (Å²) in [5, 5.41) is 22.1. The Morgan fingerprint density at radius 3 is 2.87 bits per heavy atom. The molecule has 1 unspecified atom stereocenters. The number of amides is 1. The molecule has 2 N–H and O–H groups in total. The number of piperazine rings is 1. The summed E-state index contributed by atoms with van der Waals surface area (Å²) in [6.07, 6.45) is 5.82. The molecule has 2 aromatic carbocycles. The Balaban J connectivity index is 1.07. The van der Waals surface area contributed by atoms with Crippen LogP contribution in [0, 0.1) is 17.2 Å². The Hall–Kier alpha value is -4.49. The largest absolute Gasteiger partial charge is 0.367 e. The van der Waals surface area contributed by atoms with Gasteiger partial charge in [0.2, 0.25) is 5.91 Å². The highest BCUT2D eigenvalue weighted by molar-refractivity contribution is 7.19. The van der Waals surface area contributed by atoms with Gasteiger partial charge in [-0.3, -0.25) is 9.89 Å². The van der Waals surface area contributed by atoms with Gasteiger partial charge in [0, 0.05) is 48.0 Å². The van der Waals surface area contributed by atoms with Gasteiger partial charge in [-0.05, 0) is 55.2 Å². The topological polar surface area (TPSA) is 114 Å². The maximum Gasteiger partial charge on any atom is 0.226 e. The average molecular weight is 535 g/mol. The Kier molecular flexibility index (Phi) is 5.86. The van der Waals surface area contributed by atoms with Crippen LogP contribution in [-0.2, 0) is 17.6 Å². The van der Waals surface area contributed by atoms with Gasteiger partial charge < -0.3 is 15.1 Å². The monoisotopic (exact) mass is 534 g/mol. The molecule has 2 aliphatic rings. The summed E-state index contributed by atoms with van der Waals surface area (Å²) in [5.74, 6) is 1.03. The fourth-order valence-electron chi connectivity index (χ4n) is 5.84. The van der Waals surface area contributed by atoms with Crippen LogP contribution in [0.2, 0.25) is 0 Å². The van der Waals surface area contributed by atoms with Gasteiger partial charge in [-0.25, -0.2) is 9.97 Å². The fourth-order valence-corrected chi connectivity index (χ4v) is 7.11. The lowest BCUT2D eigenvalue weighted by Crippen LogP contribution is -2.51. The zero-order chi connectivity index (χ0) is 26.3. The molecule has 7 rings (SSSR count). The lowest BCUT2D eigenvalue weighted by Gasteiger charge is -2.38. The standard InChI is InChI=1S/C29H26N8OS/c30-15-19-3-1-2-4-24(19)36-9-11-37(12-10-36)29(38)18-5-7-22-25(14-18)39-28-26(22)27(31-17-32-28)34-21-6-8-23-20(13-21)16-33-35-23/h1-4,6,8,13,16-18H,5,7,9-12,14H2,(H,33,35)(H,31,32,34). The maximum atomic E-state index is 13.5. The van der Waals surface area contributed by atoms with E-state index in [9.17, 15) is 10.1 Å². The predicted octanol–water partition coefficient (Wildman–Crippen LogP) is 4.64. The second-order valence-corrected chi connectivity index (χ2v) is 11.2. The van der Waals surface area contributed by atoms with Gasteiger partial charge in [0.15, 0.2) is 0 Å². The van der Waals surface area contributed by atoms with E-state index in [1.807, 2.05) is 47.5 Å². The minimum Gasteiger partial charge on any atom is -0.367 e. The van der Waals surface area contributed by atoms with Gasteiger partial charge >= 0.3 is 0 Å². The second kappa shape index (κ2) is 9.67. The van der Waals surface area contributed by atoms with Gasteiger partial charge in [-0.1, -0.05) is 12.1 Å². The predicted molar refractivity (Wildman–Crippen MR) is 152 cm³/mol. The van der Waals surface area contributed by atoms with Crippen molar-refractivity contribution in [3.05, 3.63) is 71.0 Å². The van der Waals surface area contributed by atoms with E-state index in [0.29, 0.717) is 18.7 Å². The van der Waals surface area contributed by atoms with E-state index in [1.165, 1.54) is 10.4 Å². The number of para-hydroxylation sites is 1. The minimum atomic E-state index is -0.0172. The van der Waals surface area contributed by atoms with Crippen molar-refractivity contribution in [1.29, 1.82) is 5.26 Å². The number of thiophene rings is 1. The Morgan fingerprint density at radius 1 is 1.13 bits per heavy atom. The molecule has 0 radical (unpaired) electrons. The molecule has 5 aromatic rings. The normalized spacial score (nSPS) is 17.3. The van der Waals surface area contributed by atoms with Crippen molar-refractivity contribution in [3.8, 4) is 6.07 Å². The molecule has 1 amide bonds. The molecule has 1 atom stereocenters. The minimum absolute atomic E-state index is 0.0172. The van der Waals surface area contributed by atoms with Crippen molar-refractivity contribution in [3.63, 3.8) is 0 Å². The number of hydrogen-bond acceptors (Lipinski definition) is 8. The molecule has 1 fully saturated rings. The number of nitrogens with one attached hydrogen (secondary N) is 2. The van der Waals surface area contributed by atoms with Crippen LogP contribution in [0.1, 0.15) is 22.4 Å². The molecule has 0 spiro atoms. The van der Waals surface area contributed by atoms with Crippen molar-refractivity contribution >= 4 is 55.6 Å². The number of aryl methyl sites for hydroxylation is 1. The SMILES string of the molecule is N#Cc1ccccc1N1CCN(C(=O)C2CCc3c(sc4ncnc(Nc5ccc6[nH]ncc6c5)c34)C2)CC1. The van der Waals surface area contributed by atoms with Gasteiger partial charge in [0.05, 0.1) is 28.4 Å². The number of aromatic amines is 1. The lowest BCUT2D eigenvalue weighted by atomic mass is 9.86. The molecular formula is C29H26N8OS. The summed E-state index contributed by atoms with van der Waals surface area (Å²) in [6.45, 7) is 2.82. The Morgan fingerprint density at radius 2 is 2.00 bits per heavy atom. The van der Waals surface area contributed by atoms with Crippen molar-refractivity contribution in [2.24, 2.45) is 5.92 Å². The molecular weight excluding hydrogens is 508 g/mol. The fraction of sp³-hybridized carbons (Fsp3) is 0.276. The second-order valence-electron chi connectivity index (χ2n) is 10.1. The van der Waals surface area contributed by atoms with E-state index in [2.05, 4.69) is 42.5 Å². The van der Waals surface area contributed by atoms with E-state index in [4.69, 9.17) is 0 Å². The van der Waals surface area contributed by atoms with Crippen LogP contribution >= 0.6 is 11.3 Å². The summed E-state index contributed by atoms with van der Waals surface area (Å²) in [4.78, 5) is 29.1.